The number of nitrogens with zero attached hydrogens (tertiary/aromatic N) is 1. The van der Waals surface area contributed by atoms with Crippen LogP contribution in [-0.4, -0.2) is 60.9 Å². The number of nitrogens with one attached hydrogen (secondary N) is 1. The monoisotopic (exact) mass is 230 g/mol. The van der Waals surface area contributed by atoms with E-state index in [0.717, 1.165) is 19.6 Å². The Hall–Kier alpha value is -0.650. The van der Waals surface area contributed by atoms with E-state index in [4.69, 9.17) is 9.84 Å². The Morgan fingerprint density at radius 3 is 2.88 bits per heavy atom. The quantitative estimate of drug-likeness (QED) is 0.704. The number of rotatable bonds is 5. The Morgan fingerprint density at radius 2 is 2.31 bits per heavy atom. The van der Waals surface area contributed by atoms with Gasteiger partial charge in [-0.3, -0.25) is 9.69 Å². The molecule has 1 aliphatic heterocycles. The standard InChI is InChI=1S/C11H22N2O3/c1-11(2)8-12-7-9(6-10(14)15)13(11)4-5-16-3/h9,12H,4-8H2,1-3H3,(H,14,15). The minimum atomic E-state index is -0.744. The van der Waals surface area contributed by atoms with Crippen LogP contribution in [0.4, 0.5) is 0 Å². The molecule has 94 valence electrons. The Labute approximate surface area is 96.8 Å². The zero-order valence-electron chi connectivity index (χ0n) is 10.3. The lowest BCUT2D eigenvalue weighted by Gasteiger charge is -2.47. The molecule has 0 aromatic heterocycles. The van der Waals surface area contributed by atoms with Crippen LogP contribution in [0.25, 0.3) is 0 Å². The van der Waals surface area contributed by atoms with Gasteiger partial charge in [0.1, 0.15) is 0 Å². The fourth-order valence-electron chi connectivity index (χ4n) is 2.31. The highest BCUT2D eigenvalue weighted by molar-refractivity contribution is 5.67. The van der Waals surface area contributed by atoms with Crippen LogP contribution >= 0.6 is 0 Å². The lowest BCUT2D eigenvalue weighted by molar-refractivity contribution is -0.139. The average Bonchev–Trinajstić information content (AvgIpc) is 2.15. The fraction of sp³-hybridized carbons (Fsp3) is 0.909. The highest BCUT2D eigenvalue weighted by atomic mass is 16.5. The van der Waals surface area contributed by atoms with Gasteiger partial charge < -0.3 is 15.2 Å². The number of aliphatic carboxylic acids is 1. The van der Waals surface area contributed by atoms with E-state index < -0.39 is 5.97 Å². The van der Waals surface area contributed by atoms with Crippen LogP contribution in [0.5, 0.6) is 0 Å². The van der Waals surface area contributed by atoms with Crippen LogP contribution in [0.2, 0.25) is 0 Å². The molecular weight excluding hydrogens is 208 g/mol. The number of ether oxygens (including phenoxy) is 1. The van der Waals surface area contributed by atoms with E-state index in [9.17, 15) is 4.79 Å². The van der Waals surface area contributed by atoms with Gasteiger partial charge in [-0.25, -0.2) is 0 Å². The summed E-state index contributed by atoms with van der Waals surface area (Å²) >= 11 is 0. The first kappa shape index (κ1) is 13.4. The zero-order chi connectivity index (χ0) is 12.2. The van der Waals surface area contributed by atoms with Crippen molar-refractivity contribution in [1.82, 2.24) is 10.2 Å². The molecule has 1 rings (SSSR count). The van der Waals surface area contributed by atoms with Crippen LogP contribution in [0.3, 0.4) is 0 Å². The van der Waals surface area contributed by atoms with E-state index >= 15 is 0 Å². The summed E-state index contributed by atoms with van der Waals surface area (Å²) in [6, 6.07) is 0.0522. The van der Waals surface area contributed by atoms with E-state index in [1.54, 1.807) is 7.11 Å². The fourth-order valence-corrected chi connectivity index (χ4v) is 2.31. The molecule has 5 nitrogen and oxygen atoms in total. The summed E-state index contributed by atoms with van der Waals surface area (Å²) in [7, 11) is 1.67. The van der Waals surface area contributed by atoms with Gasteiger partial charge in [0.2, 0.25) is 0 Å². The first-order chi connectivity index (χ1) is 7.47. The molecule has 1 aliphatic rings. The van der Waals surface area contributed by atoms with Crippen molar-refractivity contribution >= 4 is 5.97 Å². The van der Waals surface area contributed by atoms with Gasteiger partial charge in [0.25, 0.3) is 0 Å². The molecule has 0 amide bonds. The number of methoxy groups -OCH3 is 1. The van der Waals surface area contributed by atoms with Crippen molar-refractivity contribution in [3.8, 4) is 0 Å². The second-order valence-corrected chi connectivity index (χ2v) is 4.88. The van der Waals surface area contributed by atoms with Crippen LogP contribution in [0.1, 0.15) is 20.3 Å². The predicted molar refractivity (Wildman–Crippen MR) is 61.6 cm³/mol. The zero-order valence-corrected chi connectivity index (χ0v) is 10.3. The first-order valence-electron chi connectivity index (χ1n) is 5.65. The third-order valence-electron chi connectivity index (χ3n) is 3.10. The maximum absolute atomic E-state index is 10.8. The molecule has 1 heterocycles. The molecule has 1 saturated heterocycles. The normalized spacial score (nSPS) is 25.6. The summed E-state index contributed by atoms with van der Waals surface area (Å²) in [4.78, 5) is 13.0. The Kier molecular flexibility index (Phi) is 4.70. The Balaban J connectivity index is 2.67. The molecular formula is C11H22N2O3. The number of hydrogen-bond acceptors (Lipinski definition) is 4. The minimum Gasteiger partial charge on any atom is -0.481 e. The largest absolute Gasteiger partial charge is 0.481 e. The van der Waals surface area contributed by atoms with Crippen molar-refractivity contribution in [2.45, 2.75) is 31.8 Å². The van der Waals surface area contributed by atoms with Crippen LogP contribution in [0, 0.1) is 0 Å². The highest BCUT2D eigenvalue weighted by Crippen LogP contribution is 2.22. The maximum Gasteiger partial charge on any atom is 0.304 e. The van der Waals surface area contributed by atoms with E-state index in [2.05, 4.69) is 24.1 Å². The molecule has 2 N–H and O–H groups in total. The van der Waals surface area contributed by atoms with Crippen LogP contribution in [-0.2, 0) is 9.53 Å². The van der Waals surface area contributed by atoms with Gasteiger partial charge in [0, 0.05) is 38.3 Å². The minimum absolute atomic E-state index is 0.0170. The van der Waals surface area contributed by atoms with Crippen molar-refractivity contribution in [2.24, 2.45) is 0 Å². The molecule has 5 heteroatoms. The van der Waals surface area contributed by atoms with Crippen molar-refractivity contribution < 1.29 is 14.6 Å². The maximum atomic E-state index is 10.8. The van der Waals surface area contributed by atoms with E-state index in [0.29, 0.717) is 6.61 Å². The third kappa shape index (κ3) is 3.43. The summed E-state index contributed by atoms with van der Waals surface area (Å²) in [5.74, 6) is -0.744. The second-order valence-electron chi connectivity index (χ2n) is 4.88. The molecule has 16 heavy (non-hydrogen) atoms. The molecule has 1 fully saturated rings. The summed E-state index contributed by atoms with van der Waals surface area (Å²) in [6.07, 6.45) is 0.181. The molecule has 0 aromatic carbocycles. The second kappa shape index (κ2) is 5.61. The molecule has 0 spiro atoms. The molecule has 0 radical (unpaired) electrons. The molecule has 0 aliphatic carbocycles. The van der Waals surface area contributed by atoms with E-state index in [-0.39, 0.29) is 18.0 Å². The summed E-state index contributed by atoms with van der Waals surface area (Å²) in [6.45, 7) is 7.29. The Bertz CT molecular complexity index is 243. The topological polar surface area (TPSA) is 61.8 Å². The number of piperazine rings is 1. The average molecular weight is 230 g/mol. The number of carboxylic acids is 1. The number of carboxylic acid groups (broad SMARTS) is 1. The van der Waals surface area contributed by atoms with Gasteiger partial charge in [-0.1, -0.05) is 0 Å². The van der Waals surface area contributed by atoms with Crippen molar-refractivity contribution in [2.75, 3.05) is 33.4 Å². The molecule has 1 atom stereocenters. The highest BCUT2D eigenvalue weighted by Gasteiger charge is 2.36. The molecule has 0 aromatic rings. The molecule has 0 bridgehead atoms. The van der Waals surface area contributed by atoms with Crippen LogP contribution in [0.15, 0.2) is 0 Å². The summed E-state index contributed by atoms with van der Waals surface area (Å²) < 4.78 is 5.08. The lowest BCUT2D eigenvalue weighted by Crippen LogP contribution is -2.63. The SMILES string of the molecule is COCCN1C(CC(=O)O)CNCC1(C)C. The smallest absolute Gasteiger partial charge is 0.304 e. The van der Waals surface area contributed by atoms with Crippen LogP contribution < -0.4 is 5.32 Å². The molecule has 0 saturated carbocycles. The van der Waals surface area contributed by atoms with Crippen molar-refractivity contribution in [1.29, 1.82) is 0 Å². The van der Waals surface area contributed by atoms with Gasteiger partial charge in [0.05, 0.1) is 13.0 Å². The van der Waals surface area contributed by atoms with Gasteiger partial charge in [-0.15, -0.1) is 0 Å². The number of carbonyl (C=O) groups is 1. The first-order valence-corrected chi connectivity index (χ1v) is 5.65. The Morgan fingerprint density at radius 1 is 1.62 bits per heavy atom. The summed E-state index contributed by atoms with van der Waals surface area (Å²) in [5.41, 5.74) is -0.0170. The van der Waals surface area contributed by atoms with Gasteiger partial charge >= 0.3 is 5.97 Å². The van der Waals surface area contributed by atoms with E-state index in [1.165, 1.54) is 0 Å². The summed E-state index contributed by atoms with van der Waals surface area (Å²) in [5, 5.41) is 12.2. The van der Waals surface area contributed by atoms with Gasteiger partial charge in [-0.05, 0) is 13.8 Å². The lowest BCUT2D eigenvalue weighted by atomic mass is 9.95. The van der Waals surface area contributed by atoms with Gasteiger partial charge in [-0.2, -0.15) is 0 Å². The third-order valence-corrected chi connectivity index (χ3v) is 3.10. The van der Waals surface area contributed by atoms with Gasteiger partial charge in [0.15, 0.2) is 0 Å². The number of hydrogen-bond donors (Lipinski definition) is 2. The predicted octanol–water partition coefficient (Wildman–Crippen LogP) is 0.160. The van der Waals surface area contributed by atoms with Crippen molar-refractivity contribution in [3.63, 3.8) is 0 Å². The van der Waals surface area contributed by atoms with E-state index in [1.807, 2.05) is 0 Å². The van der Waals surface area contributed by atoms with Crippen molar-refractivity contribution in [3.05, 3.63) is 0 Å². The molecule has 1 unspecified atom stereocenters.